The van der Waals surface area contributed by atoms with Gasteiger partial charge in [-0.05, 0) is 56.6 Å². The molecule has 10 atom stereocenters. The second kappa shape index (κ2) is 23.9. The Morgan fingerprint density at radius 1 is 0.912 bits per heavy atom. The highest BCUT2D eigenvalue weighted by molar-refractivity contribution is 5.90. The number of amides is 3. The van der Waals surface area contributed by atoms with Crippen LogP contribution in [0, 0.1) is 29.6 Å². The van der Waals surface area contributed by atoms with Gasteiger partial charge in [0.25, 0.3) is 0 Å². The molecule has 57 heavy (non-hydrogen) atoms. The first-order valence-corrected chi connectivity index (χ1v) is 20.9. The van der Waals surface area contributed by atoms with Crippen molar-refractivity contribution >= 4 is 29.5 Å². The Morgan fingerprint density at radius 2 is 1.54 bits per heavy atom. The molecule has 0 bridgehead atoms. The Bertz CT molecular complexity index is 1420. The number of benzene rings is 1. The van der Waals surface area contributed by atoms with E-state index in [1.54, 1.807) is 38.0 Å². The Balaban J connectivity index is 2.30. The van der Waals surface area contributed by atoms with Crippen molar-refractivity contribution in [2.75, 3.05) is 48.5 Å². The van der Waals surface area contributed by atoms with Crippen LogP contribution in [0.1, 0.15) is 93.1 Å². The lowest BCUT2D eigenvalue weighted by Crippen LogP contribution is -2.60. The van der Waals surface area contributed by atoms with Crippen LogP contribution >= 0.6 is 0 Å². The van der Waals surface area contributed by atoms with Crippen LogP contribution in [-0.4, -0.2) is 135 Å². The number of rotatable bonds is 24. The molecule has 2 rings (SSSR count). The summed E-state index contributed by atoms with van der Waals surface area (Å²) in [6, 6.07) is 7.29. The van der Waals surface area contributed by atoms with Gasteiger partial charge >= 0.3 is 5.97 Å². The van der Waals surface area contributed by atoms with E-state index in [1.165, 1.54) is 7.11 Å². The van der Waals surface area contributed by atoms with Crippen molar-refractivity contribution in [1.29, 1.82) is 0 Å². The predicted octanol–water partition coefficient (Wildman–Crippen LogP) is 4.34. The second-order valence-electron chi connectivity index (χ2n) is 17.0. The van der Waals surface area contributed by atoms with Crippen LogP contribution in [0.3, 0.4) is 0 Å². The molecular weight excluding hydrogens is 727 g/mol. The molecule has 3 N–H and O–H groups in total. The highest BCUT2D eigenvalue weighted by atomic mass is 16.5. The number of methoxy groups -OCH3 is 3. The van der Waals surface area contributed by atoms with Gasteiger partial charge in [0.15, 0.2) is 0 Å². The summed E-state index contributed by atoms with van der Waals surface area (Å²) in [6.07, 6.45) is 1.26. The lowest BCUT2D eigenvalue weighted by Gasteiger charge is -2.41. The average Bonchev–Trinajstić information content (AvgIpc) is 3.65. The molecule has 324 valence electrons. The standard InChI is InChI=1S/C44H75N5O8/c1-14-29(6)40(48(10)43(53)38(27(2)3)46-42(52)39(28(4)5)47(9)26-30(7)45)36(55-11)25-37(51)49-22-18-21-34(49)41(56-12)31(8)35(50)24-33(44(54)57-13)23-32-19-16-15-17-20-32/h15-17,19-20,27-31,33-34,36,38-41H,14,18,21-26,45H2,1-13H3,(H,46,52)/t29-,30+,31-,33+,34-,36+,38-,39-,40-,41+/m0/s1. The molecule has 1 aliphatic heterocycles. The second-order valence-corrected chi connectivity index (χ2v) is 17.0. The molecule has 0 unspecified atom stereocenters. The Hall–Kier alpha value is -3.39. The molecule has 13 heteroatoms. The average molecular weight is 802 g/mol. The number of Topliss-reactive ketones (excluding diaryl/α,β-unsaturated/α-hetero) is 1. The van der Waals surface area contributed by atoms with Gasteiger partial charge in [0, 0.05) is 52.7 Å². The van der Waals surface area contributed by atoms with Gasteiger partial charge in [0.1, 0.15) is 11.8 Å². The molecule has 1 saturated heterocycles. The lowest BCUT2D eigenvalue weighted by atomic mass is 9.85. The van der Waals surface area contributed by atoms with Gasteiger partial charge in [-0.25, -0.2) is 0 Å². The molecule has 1 aromatic carbocycles. The maximum atomic E-state index is 14.4. The van der Waals surface area contributed by atoms with Crippen molar-refractivity contribution in [2.45, 2.75) is 136 Å². The molecule has 1 aliphatic rings. The zero-order chi connectivity index (χ0) is 43.1. The van der Waals surface area contributed by atoms with Crippen molar-refractivity contribution in [3.63, 3.8) is 0 Å². The smallest absolute Gasteiger partial charge is 0.309 e. The van der Waals surface area contributed by atoms with E-state index < -0.39 is 48.1 Å². The third-order valence-corrected chi connectivity index (χ3v) is 11.8. The minimum Gasteiger partial charge on any atom is -0.469 e. The number of likely N-dealkylation sites (tertiary alicyclic amines) is 1. The van der Waals surface area contributed by atoms with Crippen molar-refractivity contribution in [3.05, 3.63) is 35.9 Å². The third-order valence-electron chi connectivity index (χ3n) is 11.8. The highest BCUT2D eigenvalue weighted by Gasteiger charge is 2.43. The number of ketones is 1. The molecule has 1 heterocycles. The van der Waals surface area contributed by atoms with Crippen molar-refractivity contribution in [2.24, 2.45) is 35.3 Å². The number of nitrogens with two attached hydrogens (primary N) is 1. The number of carbonyl (C=O) groups is 5. The molecule has 3 amide bonds. The van der Waals surface area contributed by atoms with Gasteiger partial charge in [-0.1, -0.05) is 85.2 Å². The summed E-state index contributed by atoms with van der Waals surface area (Å²) in [7, 11) is 8.04. The fourth-order valence-electron chi connectivity index (χ4n) is 8.62. The quantitative estimate of drug-likeness (QED) is 0.144. The molecule has 0 aromatic heterocycles. The first kappa shape index (κ1) is 49.8. The normalized spacial score (nSPS) is 19.3. The minimum atomic E-state index is -0.803. The van der Waals surface area contributed by atoms with Gasteiger partial charge in [0.2, 0.25) is 17.7 Å². The van der Waals surface area contributed by atoms with E-state index in [0.717, 1.165) is 18.4 Å². The summed E-state index contributed by atoms with van der Waals surface area (Å²) < 4.78 is 17.1. The molecule has 1 aromatic rings. The number of likely N-dealkylation sites (N-methyl/N-ethyl adjacent to an activating group) is 2. The van der Waals surface area contributed by atoms with Crippen LogP contribution in [0.5, 0.6) is 0 Å². The number of hydrogen-bond donors (Lipinski definition) is 2. The van der Waals surface area contributed by atoms with E-state index in [2.05, 4.69) is 5.32 Å². The zero-order valence-electron chi connectivity index (χ0n) is 37.2. The number of carbonyl (C=O) groups excluding carboxylic acids is 5. The highest BCUT2D eigenvalue weighted by Crippen LogP contribution is 2.31. The number of ether oxygens (including phenoxy) is 3. The number of nitrogens with zero attached hydrogens (tertiary/aromatic N) is 3. The van der Waals surface area contributed by atoms with Crippen molar-refractivity contribution < 1.29 is 38.2 Å². The van der Waals surface area contributed by atoms with E-state index in [0.29, 0.717) is 25.9 Å². The lowest BCUT2D eigenvalue weighted by molar-refractivity contribution is -0.149. The van der Waals surface area contributed by atoms with E-state index in [9.17, 15) is 24.0 Å². The van der Waals surface area contributed by atoms with Crippen LogP contribution in [0.2, 0.25) is 0 Å². The molecule has 0 spiro atoms. The van der Waals surface area contributed by atoms with Crippen molar-refractivity contribution in [1.82, 2.24) is 20.0 Å². The molecule has 1 fully saturated rings. The fourth-order valence-corrected chi connectivity index (χ4v) is 8.62. The van der Waals surface area contributed by atoms with Gasteiger partial charge in [-0.15, -0.1) is 0 Å². The minimum absolute atomic E-state index is 0.00842. The van der Waals surface area contributed by atoms with Crippen LogP contribution in [-0.2, 0) is 44.6 Å². The SMILES string of the molecule is CC[C@H](C)[C@@H]([C@@H](CC(=O)N1CCC[C@H]1[C@H](OC)[C@@H](C)C(=O)C[C@@H](Cc1ccccc1)C(=O)OC)OC)N(C)C(=O)[C@@H](NC(=O)[C@H](C(C)C)N(C)C[C@@H](C)N)C(C)C. The molecule has 13 nitrogen and oxygen atoms in total. The summed E-state index contributed by atoms with van der Waals surface area (Å²) >= 11 is 0. The van der Waals surface area contributed by atoms with Crippen LogP contribution in [0.15, 0.2) is 30.3 Å². The summed E-state index contributed by atoms with van der Waals surface area (Å²) in [5.74, 6) is -2.72. The monoisotopic (exact) mass is 802 g/mol. The Labute approximate surface area is 343 Å². The van der Waals surface area contributed by atoms with Gasteiger partial charge < -0.3 is 35.1 Å². The maximum absolute atomic E-state index is 14.4. The molecular formula is C44H75N5O8. The van der Waals surface area contributed by atoms with Gasteiger partial charge in [-0.2, -0.15) is 0 Å². The topological polar surface area (TPSA) is 161 Å². The molecule has 0 radical (unpaired) electrons. The van der Waals surface area contributed by atoms with Crippen LogP contribution in [0.25, 0.3) is 0 Å². The Morgan fingerprint density at radius 3 is 2.05 bits per heavy atom. The fraction of sp³-hybridized carbons (Fsp3) is 0.750. The summed E-state index contributed by atoms with van der Waals surface area (Å²) in [6.45, 7) is 16.6. The van der Waals surface area contributed by atoms with E-state index in [4.69, 9.17) is 19.9 Å². The number of esters is 1. The van der Waals surface area contributed by atoms with E-state index in [-0.39, 0.29) is 66.2 Å². The Kier molecular flexibility index (Phi) is 20.8. The number of nitrogens with one attached hydrogen (secondary N) is 1. The maximum Gasteiger partial charge on any atom is 0.309 e. The summed E-state index contributed by atoms with van der Waals surface area (Å²) in [4.78, 5) is 74.4. The first-order chi connectivity index (χ1) is 26.8. The molecule has 0 saturated carbocycles. The number of hydrogen-bond acceptors (Lipinski definition) is 10. The third kappa shape index (κ3) is 13.9. The van der Waals surface area contributed by atoms with E-state index >= 15 is 0 Å². The summed E-state index contributed by atoms with van der Waals surface area (Å²) in [5, 5.41) is 3.07. The predicted molar refractivity (Wildman–Crippen MR) is 223 cm³/mol. The molecule has 0 aliphatic carbocycles. The van der Waals surface area contributed by atoms with Crippen molar-refractivity contribution in [3.8, 4) is 0 Å². The zero-order valence-corrected chi connectivity index (χ0v) is 37.2. The van der Waals surface area contributed by atoms with Crippen LogP contribution < -0.4 is 11.1 Å². The summed E-state index contributed by atoms with van der Waals surface area (Å²) in [5.41, 5.74) is 6.99. The van der Waals surface area contributed by atoms with Gasteiger partial charge in [0.05, 0.1) is 49.8 Å². The largest absolute Gasteiger partial charge is 0.469 e. The van der Waals surface area contributed by atoms with E-state index in [1.807, 2.05) is 90.7 Å². The van der Waals surface area contributed by atoms with Gasteiger partial charge in [-0.3, -0.25) is 28.9 Å². The first-order valence-electron chi connectivity index (χ1n) is 20.9. The van der Waals surface area contributed by atoms with Crippen LogP contribution in [0.4, 0.5) is 0 Å².